The number of ether oxygens (including phenoxy) is 1. The third kappa shape index (κ3) is 2.61. The lowest BCUT2D eigenvalue weighted by molar-refractivity contribution is 0.305. The maximum absolute atomic E-state index is 5.56. The predicted octanol–water partition coefficient (Wildman–Crippen LogP) is 2.64. The van der Waals surface area contributed by atoms with Gasteiger partial charge < -0.3 is 4.74 Å². The van der Waals surface area contributed by atoms with E-state index in [0.29, 0.717) is 12.3 Å². The van der Waals surface area contributed by atoms with Crippen LogP contribution >= 0.6 is 0 Å². The minimum Gasteiger partial charge on any atom is -0.487 e. The summed E-state index contributed by atoms with van der Waals surface area (Å²) < 4.78 is 5.56. The zero-order chi connectivity index (χ0) is 11.2. The first kappa shape index (κ1) is 10.3. The molecule has 0 aliphatic rings. The zero-order valence-corrected chi connectivity index (χ0v) is 8.76. The quantitative estimate of drug-likeness (QED) is 0.725. The van der Waals surface area contributed by atoms with Gasteiger partial charge in [0.05, 0.1) is 6.20 Å². The molecule has 2 heteroatoms. The molecule has 16 heavy (non-hydrogen) atoms. The molecule has 2 nitrogen and oxygen atoms in total. The highest BCUT2D eigenvalue weighted by atomic mass is 16.5. The molecule has 2 aromatic rings. The van der Waals surface area contributed by atoms with Crippen molar-refractivity contribution in [2.75, 3.05) is 0 Å². The Labute approximate surface area is 94.9 Å². The Bertz CT molecular complexity index is 482. The van der Waals surface area contributed by atoms with Crippen LogP contribution in [0, 0.1) is 12.3 Å². The Kier molecular flexibility index (Phi) is 3.20. The van der Waals surface area contributed by atoms with Crippen LogP contribution in [0.5, 0.6) is 5.75 Å². The second-order valence-corrected chi connectivity index (χ2v) is 3.30. The van der Waals surface area contributed by atoms with Gasteiger partial charge in [-0.15, -0.1) is 6.42 Å². The zero-order valence-electron chi connectivity index (χ0n) is 8.76. The van der Waals surface area contributed by atoms with Gasteiger partial charge in [0.15, 0.2) is 0 Å². The molecule has 2 rings (SSSR count). The molecule has 0 radical (unpaired) electrons. The van der Waals surface area contributed by atoms with Crippen molar-refractivity contribution in [2.45, 2.75) is 6.61 Å². The van der Waals surface area contributed by atoms with E-state index in [-0.39, 0.29) is 0 Å². The molecule has 0 aliphatic heterocycles. The van der Waals surface area contributed by atoms with Gasteiger partial charge in [-0.05, 0) is 17.7 Å². The van der Waals surface area contributed by atoms with Crippen LogP contribution in [0.4, 0.5) is 0 Å². The first-order valence-corrected chi connectivity index (χ1v) is 4.98. The molecule has 0 atom stereocenters. The molecule has 0 bridgehead atoms. The first-order chi connectivity index (χ1) is 7.88. The van der Waals surface area contributed by atoms with E-state index in [1.165, 1.54) is 0 Å². The number of nitrogens with zero attached hydrogens (tertiary/aromatic N) is 1. The van der Waals surface area contributed by atoms with Gasteiger partial charge in [0, 0.05) is 0 Å². The summed E-state index contributed by atoms with van der Waals surface area (Å²) in [5, 5.41) is 0. The number of rotatable bonds is 3. The van der Waals surface area contributed by atoms with Crippen molar-refractivity contribution in [3.05, 3.63) is 59.9 Å². The van der Waals surface area contributed by atoms with E-state index in [0.717, 1.165) is 11.3 Å². The maximum atomic E-state index is 5.56. The fourth-order valence-electron chi connectivity index (χ4n) is 1.29. The molecule has 0 saturated carbocycles. The number of hydrogen-bond acceptors (Lipinski definition) is 2. The summed E-state index contributed by atoms with van der Waals surface area (Å²) in [6.07, 6.45) is 6.85. The minimum atomic E-state index is 0.540. The van der Waals surface area contributed by atoms with E-state index in [4.69, 9.17) is 11.2 Å². The molecule has 0 saturated heterocycles. The van der Waals surface area contributed by atoms with Crippen LogP contribution in [0.15, 0.2) is 48.7 Å². The monoisotopic (exact) mass is 209 g/mol. The topological polar surface area (TPSA) is 22.1 Å². The van der Waals surface area contributed by atoms with Crippen molar-refractivity contribution in [3.63, 3.8) is 0 Å². The fourth-order valence-corrected chi connectivity index (χ4v) is 1.29. The predicted molar refractivity (Wildman–Crippen MR) is 62.9 cm³/mol. The summed E-state index contributed by atoms with van der Waals surface area (Å²) in [7, 11) is 0. The summed E-state index contributed by atoms with van der Waals surface area (Å²) in [5.41, 5.74) is 1.75. The average molecular weight is 209 g/mol. The number of benzene rings is 1. The summed E-state index contributed by atoms with van der Waals surface area (Å²) in [6, 6.07) is 13.6. The number of pyridine rings is 1. The van der Waals surface area contributed by atoms with Gasteiger partial charge in [0.1, 0.15) is 18.1 Å². The highest BCUT2D eigenvalue weighted by molar-refractivity contribution is 5.29. The molecule has 0 amide bonds. The third-order valence-corrected chi connectivity index (χ3v) is 2.13. The molecular formula is C14H11NO. The molecule has 0 spiro atoms. The summed E-state index contributed by atoms with van der Waals surface area (Å²) in [4.78, 5) is 4.05. The molecule has 0 N–H and O–H groups in total. The lowest BCUT2D eigenvalue weighted by Crippen LogP contribution is -1.95. The summed E-state index contributed by atoms with van der Waals surface area (Å²) in [5.74, 6) is 3.19. The Morgan fingerprint density at radius 3 is 2.56 bits per heavy atom. The van der Waals surface area contributed by atoms with Crippen molar-refractivity contribution in [1.29, 1.82) is 0 Å². The lowest BCUT2D eigenvalue weighted by Gasteiger charge is -2.05. The van der Waals surface area contributed by atoms with Gasteiger partial charge in [0.25, 0.3) is 0 Å². The van der Waals surface area contributed by atoms with Crippen molar-refractivity contribution in [3.8, 4) is 18.1 Å². The standard InChI is InChI=1S/C14H11NO/c1-2-13-8-9-14(10-15-13)16-11-12-6-4-3-5-7-12/h1,3-10H,11H2. The number of terminal acetylenes is 1. The largest absolute Gasteiger partial charge is 0.487 e. The highest BCUT2D eigenvalue weighted by Gasteiger charge is 1.95. The Balaban J connectivity index is 1.98. The molecule has 1 aromatic carbocycles. The molecule has 1 heterocycles. The summed E-state index contributed by atoms with van der Waals surface area (Å²) >= 11 is 0. The van der Waals surface area contributed by atoms with E-state index in [9.17, 15) is 0 Å². The van der Waals surface area contributed by atoms with Crippen molar-refractivity contribution < 1.29 is 4.74 Å². The van der Waals surface area contributed by atoms with Crippen LogP contribution in [0.3, 0.4) is 0 Å². The van der Waals surface area contributed by atoms with Gasteiger partial charge in [-0.25, -0.2) is 4.98 Å². The van der Waals surface area contributed by atoms with Crippen LogP contribution in [-0.2, 0) is 6.61 Å². The smallest absolute Gasteiger partial charge is 0.138 e. The van der Waals surface area contributed by atoms with Crippen LogP contribution < -0.4 is 4.74 Å². The van der Waals surface area contributed by atoms with E-state index in [1.54, 1.807) is 12.3 Å². The summed E-state index contributed by atoms with van der Waals surface area (Å²) in [6.45, 7) is 0.540. The molecule has 0 fully saturated rings. The SMILES string of the molecule is C#Cc1ccc(OCc2ccccc2)cn1. The van der Waals surface area contributed by atoms with E-state index in [2.05, 4.69) is 10.9 Å². The molecule has 0 unspecified atom stereocenters. The highest BCUT2D eigenvalue weighted by Crippen LogP contribution is 2.11. The lowest BCUT2D eigenvalue weighted by atomic mass is 10.2. The van der Waals surface area contributed by atoms with E-state index < -0.39 is 0 Å². The molecular weight excluding hydrogens is 198 g/mol. The first-order valence-electron chi connectivity index (χ1n) is 4.98. The van der Waals surface area contributed by atoms with Crippen LogP contribution in [-0.4, -0.2) is 4.98 Å². The van der Waals surface area contributed by atoms with Gasteiger partial charge >= 0.3 is 0 Å². The van der Waals surface area contributed by atoms with E-state index in [1.807, 2.05) is 36.4 Å². The average Bonchev–Trinajstić information content (AvgIpc) is 2.38. The second kappa shape index (κ2) is 4.99. The van der Waals surface area contributed by atoms with Crippen molar-refractivity contribution in [2.24, 2.45) is 0 Å². The molecule has 0 aliphatic carbocycles. The third-order valence-electron chi connectivity index (χ3n) is 2.13. The Hall–Kier alpha value is -2.27. The van der Waals surface area contributed by atoms with Crippen molar-refractivity contribution in [1.82, 2.24) is 4.98 Å². The van der Waals surface area contributed by atoms with Crippen LogP contribution in [0.2, 0.25) is 0 Å². The van der Waals surface area contributed by atoms with E-state index >= 15 is 0 Å². The van der Waals surface area contributed by atoms with Gasteiger partial charge in [-0.3, -0.25) is 0 Å². The molecule has 1 aromatic heterocycles. The Morgan fingerprint density at radius 1 is 1.12 bits per heavy atom. The van der Waals surface area contributed by atoms with Crippen LogP contribution in [0.1, 0.15) is 11.3 Å². The minimum absolute atomic E-state index is 0.540. The van der Waals surface area contributed by atoms with Gasteiger partial charge in [0.2, 0.25) is 0 Å². The Morgan fingerprint density at radius 2 is 1.94 bits per heavy atom. The number of hydrogen-bond donors (Lipinski definition) is 0. The molecule has 78 valence electrons. The maximum Gasteiger partial charge on any atom is 0.138 e. The van der Waals surface area contributed by atoms with Crippen molar-refractivity contribution >= 4 is 0 Å². The fraction of sp³-hybridized carbons (Fsp3) is 0.0714. The normalized spacial score (nSPS) is 9.44. The van der Waals surface area contributed by atoms with Gasteiger partial charge in [-0.1, -0.05) is 36.3 Å². The van der Waals surface area contributed by atoms with Crippen LogP contribution in [0.25, 0.3) is 0 Å². The van der Waals surface area contributed by atoms with Gasteiger partial charge in [-0.2, -0.15) is 0 Å². The number of aromatic nitrogens is 1. The second-order valence-electron chi connectivity index (χ2n) is 3.30.